The highest BCUT2D eigenvalue weighted by Crippen LogP contribution is 2.19. The maximum Gasteiger partial charge on any atom is 0.313 e. The van der Waals surface area contributed by atoms with E-state index in [0.717, 1.165) is 11.1 Å². The molecule has 2 bridgehead atoms. The van der Waals surface area contributed by atoms with Crippen molar-refractivity contribution in [1.29, 1.82) is 0 Å². The minimum absolute atomic E-state index is 0.178. The molecule has 1 aromatic carbocycles. The Hall–Kier alpha value is -2.23. The molecule has 0 saturated heterocycles. The van der Waals surface area contributed by atoms with E-state index < -0.39 is 0 Å². The highest BCUT2D eigenvalue weighted by atomic mass is 16.3. The van der Waals surface area contributed by atoms with Crippen molar-refractivity contribution in [2.45, 2.75) is 0 Å². The van der Waals surface area contributed by atoms with Gasteiger partial charge in [-0.05, 0) is 12.1 Å². The summed E-state index contributed by atoms with van der Waals surface area (Å²) in [4.78, 5) is 17.5. The molecule has 0 fully saturated rings. The van der Waals surface area contributed by atoms with Gasteiger partial charge in [-0.1, -0.05) is 18.2 Å². The number of hydrogen-bond donors (Lipinski definition) is 1. The molecular weight excluding hydrogens is 192 g/mol. The zero-order valence-corrected chi connectivity index (χ0v) is 7.79. The SMILES string of the molecule is O=C1c2cccc1c2.Oc1ncccn1. The van der Waals surface area contributed by atoms with Crippen molar-refractivity contribution < 1.29 is 9.90 Å². The van der Waals surface area contributed by atoms with Crippen LogP contribution in [0.15, 0.2) is 42.7 Å². The summed E-state index contributed by atoms with van der Waals surface area (Å²) in [6.07, 6.45) is 2.95. The molecule has 0 spiro atoms. The van der Waals surface area contributed by atoms with Crippen LogP contribution in [-0.2, 0) is 0 Å². The molecular formula is C11H8N2O2. The number of aromatic hydroxyl groups is 1. The van der Waals surface area contributed by atoms with Gasteiger partial charge < -0.3 is 5.11 Å². The number of nitrogens with zero attached hydrogens (tertiary/aromatic N) is 2. The zero-order valence-electron chi connectivity index (χ0n) is 7.79. The number of carbonyl (C=O) groups is 1. The van der Waals surface area contributed by atoms with Crippen LogP contribution < -0.4 is 0 Å². The highest BCUT2D eigenvalue weighted by Gasteiger charge is 2.17. The largest absolute Gasteiger partial charge is 0.479 e. The monoisotopic (exact) mass is 200 g/mol. The van der Waals surface area contributed by atoms with Crippen LogP contribution in [0.4, 0.5) is 0 Å². The van der Waals surface area contributed by atoms with E-state index in [4.69, 9.17) is 5.11 Å². The second-order valence-corrected chi connectivity index (χ2v) is 2.96. The van der Waals surface area contributed by atoms with Crippen LogP contribution in [0.3, 0.4) is 0 Å². The van der Waals surface area contributed by atoms with Gasteiger partial charge in [-0.15, -0.1) is 0 Å². The van der Waals surface area contributed by atoms with Crippen molar-refractivity contribution in [3.8, 4) is 6.01 Å². The molecule has 0 saturated carbocycles. The molecule has 0 atom stereocenters. The van der Waals surface area contributed by atoms with Gasteiger partial charge in [-0.25, -0.2) is 9.97 Å². The first-order chi connectivity index (χ1) is 7.27. The lowest BCUT2D eigenvalue weighted by Gasteiger charge is -2.10. The number of rotatable bonds is 0. The van der Waals surface area contributed by atoms with Gasteiger partial charge in [0.1, 0.15) is 0 Å². The van der Waals surface area contributed by atoms with E-state index in [-0.39, 0.29) is 11.8 Å². The normalized spacial score (nSPS) is 11.1. The molecule has 4 nitrogen and oxygen atoms in total. The average Bonchev–Trinajstić information content (AvgIpc) is 2.31. The van der Waals surface area contributed by atoms with Crippen molar-refractivity contribution in [3.63, 3.8) is 0 Å². The number of aromatic nitrogens is 2. The topological polar surface area (TPSA) is 63.1 Å². The quantitative estimate of drug-likeness (QED) is 0.596. The highest BCUT2D eigenvalue weighted by molar-refractivity contribution is 6.16. The van der Waals surface area contributed by atoms with Crippen molar-refractivity contribution in [2.24, 2.45) is 0 Å². The lowest BCUT2D eigenvalue weighted by molar-refractivity contribution is 0.102. The van der Waals surface area contributed by atoms with E-state index >= 15 is 0 Å². The van der Waals surface area contributed by atoms with Crippen LogP contribution in [0.2, 0.25) is 0 Å². The number of ketones is 1. The van der Waals surface area contributed by atoms with Gasteiger partial charge in [0.25, 0.3) is 0 Å². The third kappa shape index (κ3) is 1.99. The molecule has 0 amide bonds. The fourth-order valence-electron chi connectivity index (χ4n) is 1.18. The third-order valence-electron chi connectivity index (χ3n) is 1.94. The molecule has 2 aliphatic rings. The van der Waals surface area contributed by atoms with Gasteiger partial charge in [-0.2, -0.15) is 0 Å². The van der Waals surface area contributed by atoms with Crippen molar-refractivity contribution in [3.05, 3.63) is 53.9 Å². The second kappa shape index (κ2) is 3.88. The van der Waals surface area contributed by atoms with Gasteiger partial charge >= 0.3 is 6.01 Å². The smallest absolute Gasteiger partial charge is 0.313 e. The van der Waals surface area contributed by atoms with Crippen LogP contribution in [-0.4, -0.2) is 20.9 Å². The Balaban J connectivity index is 0.000000115. The number of hydrogen-bond acceptors (Lipinski definition) is 4. The molecule has 0 aliphatic heterocycles. The minimum Gasteiger partial charge on any atom is -0.479 e. The summed E-state index contributed by atoms with van der Waals surface area (Å²) >= 11 is 0. The second-order valence-electron chi connectivity index (χ2n) is 2.96. The molecule has 4 rings (SSSR count). The number of benzene rings is 1. The lowest BCUT2D eigenvalue weighted by Crippen LogP contribution is -2.10. The Bertz CT molecular complexity index is 454. The maximum atomic E-state index is 10.7. The van der Waals surface area contributed by atoms with Crippen LogP contribution >= 0.6 is 0 Å². The first-order valence-electron chi connectivity index (χ1n) is 4.38. The van der Waals surface area contributed by atoms with E-state index in [2.05, 4.69) is 9.97 Å². The van der Waals surface area contributed by atoms with Crippen molar-refractivity contribution >= 4 is 5.78 Å². The summed E-state index contributed by atoms with van der Waals surface area (Å²) in [5.41, 5.74) is 1.70. The van der Waals surface area contributed by atoms with Crippen LogP contribution in [0, 0.1) is 0 Å². The molecule has 2 aromatic rings. The first kappa shape index (κ1) is 9.33. The fourth-order valence-corrected chi connectivity index (χ4v) is 1.18. The summed E-state index contributed by atoms with van der Waals surface area (Å²) < 4.78 is 0. The van der Waals surface area contributed by atoms with E-state index in [1.54, 1.807) is 6.07 Å². The van der Waals surface area contributed by atoms with E-state index in [0.29, 0.717) is 0 Å². The van der Waals surface area contributed by atoms with E-state index in [1.165, 1.54) is 12.4 Å². The van der Waals surface area contributed by atoms with Gasteiger partial charge in [0.15, 0.2) is 5.78 Å². The fraction of sp³-hybridized carbons (Fsp3) is 0. The summed E-state index contributed by atoms with van der Waals surface area (Å²) in [6.45, 7) is 0. The van der Waals surface area contributed by atoms with E-state index in [1.807, 2.05) is 24.3 Å². The Kier molecular flexibility index (Phi) is 2.41. The molecule has 0 unspecified atom stereocenters. The molecule has 1 aromatic heterocycles. The Morgan fingerprint density at radius 2 is 1.60 bits per heavy atom. The van der Waals surface area contributed by atoms with Crippen LogP contribution in [0.25, 0.3) is 0 Å². The van der Waals surface area contributed by atoms with Gasteiger partial charge in [-0.3, -0.25) is 4.79 Å². The molecule has 4 heteroatoms. The van der Waals surface area contributed by atoms with Gasteiger partial charge in [0.05, 0.1) is 0 Å². The Morgan fingerprint density at radius 1 is 1.00 bits per heavy atom. The Labute approximate surface area is 86.2 Å². The maximum absolute atomic E-state index is 10.7. The predicted molar refractivity (Wildman–Crippen MR) is 53.6 cm³/mol. The first-order valence-corrected chi connectivity index (χ1v) is 4.38. The van der Waals surface area contributed by atoms with E-state index in [9.17, 15) is 4.79 Å². The van der Waals surface area contributed by atoms with Gasteiger partial charge in [0.2, 0.25) is 0 Å². The van der Waals surface area contributed by atoms with Gasteiger partial charge in [0, 0.05) is 23.5 Å². The van der Waals surface area contributed by atoms with Crippen LogP contribution in [0.5, 0.6) is 6.01 Å². The molecule has 15 heavy (non-hydrogen) atoms. The summed E-state index contributed by atoms with van der Waals surface area (Å²) in [5.74, 6) is 0.201. The minimum atomic E-state index is -0.178. The number of carbonyl (C=O) groups excluding carboxylic acids is 1. The molecule has 1 heterocycles. The lowest BCUT2D eigenvalue weighted by atomic mass is 9.92. The molecule has 0 radical (unpaired) electrons. The number of fused-ring (bicyclic) bond motifs is 2. The standard InChI is InChI=1S/C7H4O.C4H4N2O/c8-7-5-2-1-3-6(7)4-5;7-4-5-2-1-3-6-4/h1-4H;1-3H,(H,5,6,7). The van der Waals surface area contributed by atoms with Crippen molar-refractivity contribution in [2.75, 3.05) is 0 Å². The van der Waals surface area contributed by atoms with Crippen molar-refractivity contribution in [1.82, 2.24) is 9.97 Å². The Morgan fingerprint density at radius 3 is 1.87 bits per heavy atom. The summed E-state index contributed by atoms with van der Waals surface area (Å²) in [5, 5.41) is 8.41. The molecule has 1 N–H and O–H groups in total. The summed E-state index contributed by atoms with van der Waals surface area (Å²) in [6, 6.07) is 8.90. The molecule has 74 valence electrons. The molecule has 2 aliphatic carbocycles. The summed E-state index contributed by atoms with van der Waals surface area (Å²) in [7, 11) is 0. The third-order valence-corrected chi connectivity index (χ3v) is 1.94. The average molecular weight is 200 g/mol. The van der Waals surface area contributed by atoms with Crippen LogP contribution in [0.1, 0.15) is 15.9 Å². The predicted octanol–water partition coefficient (Wildman–Crippen LogP) is 1.41. The zero-order chi connectivity index (χ0) is 10.7.